The van der Waals surface area contributed by atoms with Crippen LogP contribution >= 0.6 is 0 Å². The Kier molecular flexibility index (Phi) is 5.64. The van der Waals surface area contributed by atoms with E-state index in [0.717, 1.165) is 31.8 Å². The number of nitrogens with one attached hydrogen (secondary N) is 2. The fourth-order valence-electron chi connectivity index (χ4n) is 2.93. The second kappa shape index (κ2) is 7.25. The van der Waals surface area contributed by atoms with Gasteiger partial charge in [0.05, 0.1) is 0 Å². The summed E-state index contributed by atoms with van der Waals surface area (Å²) < 4.78 is 0. The van der Waals surface area contributed by atoms with Crippen LogP contribution in [-0.2, 0) is 4.79 Å². The summed E-state index contributed by atoms with van der Waals surface area (Å²) in [4.78, 5) is 14.0. The van der Waals surface area contributed by atoms with Crippen molar-refractivity contribution in [2.75, 3.05) is 32.7 Å². The molecule has 19 heavy (non-hydrogen) atoms. The van der Waals surface area contributed by atoms with Crippen LogP contribution in [0.5, 0.6) is 0 Å². The van der Waals surface area contributed by atoms with E-state index in [2.05, 4.69) is 29.4 Å². The van der Waals surface area contributed by atoms with Crippen LogP contribution < -0.4 is 10.6 Å². The summed E-state index contributed by atoms with van der Waals surface area (Å²) >= 11 is 0. The van der Waals surface area contributed by atoms with Crippen molar-refractivity contribution in [3.63, 3.8) is 0 Å². The lowest BCUT2D eigenvalue weighted by Gasteiger charge is -2.35. The Morgan fingerprint density at radius 3 is 2.79 bits per heavy atom. The molecule has 0 aromatic rings. The Labute approximate surface area is 117 Å². The van der Waals surface area contributed by atoms with Gasteiger partial charge in [0.25, 0.3) is 0 Å². The van der Waals surface area contributed by atoms with E-state index in [1.165, 1.54) is 32.5 Å². The zero-order valence-electron chi connectivity index (χ0n) is 12.5. The van der Waals surface area contributed by atoms with E-state index in [0.29, 0.717) is 12.0 Å². The smallest absolute Gasteiger partial charge is 0.223 e. The minimum atomic E-state index is 0.254. The van der Waals surface area contributed by atoms with Gasteiger partial charge in [-0.25, -0.2) is 0 Å². The molecule has 0 bridgehead atoms. The van der Waals surface area contributed by atoms with Crippen LogP contribution in [0.25, 0.3) is 0 Å². The number of nitrogens with zero attached hydrogens (tertiary/aromatic N) is 1. The lowest BCUT2D eigenvalue weighted by atomic mass is 9.91. The third kappa shape index (κ3) is 4.77. The summed E-state index contributed by atoms with van der Waals surface area (Å²) in [5.74, 6) is 1.34. The van der Waals surface area contributed by atoms with Crippen LogP contribution in [0, 0.1) is 11.8 Å². The summed E-state index contributed by atoms with van der Waals surface area (Å²) in [6.07, 6.45) is 4.83. The van der Waals surface area contributed by atoms with E-state index in [-0.39, 0.29) is 5.91 Å². The molecule has 0 aromatic carbocycles. The first-order valence-electron chi connectivity index (χ1n) is 7.94. The van der Waals surface area contributed by atoms with E-state index in [1.54, 1.807) is 0 Å². The van der Waals surface area contributed by atoms with Gasteiger partial charge in [0.1, 0.15) is 0 Å². The summed E-state index contributed by atoms with van der Waals surface area (Å²) in [6.45, 7) is 9.84. The number of rotatable bonds is 7. The molecule has 0 radical (unpaired) electrons. The molecule has 2 atom stereocenters. The summed E-state index contributed by atoms with van der Waals surface area (Å²) in [7, 11) is 0. The number of amides is 1. The Morgan fingerprint density at radius 1 is 1.32 bits per heavy atom. The predicted octanol–water partition coefficient (Wildman–Crippen LogP) is 1.22. The van der Waals surface area contributed by atoms with Gasteiger partial charge in [0.15, 0.2) is 0 Å². The predicted molar refractivity (Wildman–Crippen MR) is 78.0 cm³/mol. The molecule has 2 aliphatic rings. The highest BCUT2D eigenvalue weighted by Gasteiger charge is 2.29. The van der Waals surface area contributed by atoms with Crippen molar-refractivity contribution < 1.29 is 4.79 Å². The van der Waals surface area contributed by atoms with E-state index in [1.807, 2.05) is 0 Å². The lowest BCUT2D eigenvalue weighted by Crippen LogP contribution is -2.46. The average Bonchev–Trinajstić information content (AvgIpc) is 3.27. The second-order valence-corrected chi connectivity index (χ2v) is 6.10. The van der Waals surface area contributed by atoms with Crippen LogP contribution in [-0.4, -0.2) is 49.6 Å². The van der Waals surface area contributed by atoms with Crippen molar-refractivity contribution in [2.45, 2.75) is 45.6 Å². The summed E-state index contributed by atoms with van der Waals surface area (Å²) in [5, 5.41) is 6.58. The first-order chi connectivity index (χ1) is 9.20. The standard InChI is InChI=1S/C15H29N3O/c1-3-18-10-4-5-14(11-18)12(2)16-8-9-17-15(19)13-6-7-13/h12-14,16H,3-11H2,1-2H3,(H,17,19). The highest BCUT2D eigenvalue weighted by atomic mass is 16.2. The molecule has 2 fully saturated rings. The Hall–Kier alpha value is -0.610. The van der Waals surface area contributed by atoms with Gasteiger partial charge >= 0.3 is 0 Å². The Balaban J connectivity index is 1.57. The number of carbonyl (C=O) groups is 1. The molecule has 110 valence electrons. The zero-order chi connectivity index (χ0) is 13.7. The fourth-order valence-corrected chi connectivity index (χ4v) is 2.93. The number of hydrogen-bond donors (Lipinski definition) is 2. The molecule has 1 saturated heterocycles. The number of likely N-dealkylation sites (tertiary alicyclic amines) is 1. The van der Waals surface area contributed by atoms with E-state index < -0.39 is 0 Å². The van der Waals surface area contributed by atoms with Gasteiger partial charge in [-0.3, -0.25) is 4.79 Å². The van der Waals surface area contributed by atoms with Gasteiger partial charge in [-0.15, -0.1) is 0 Å². The van der Waals surface area contributed by atoms with Gasteiger partial charge in [-0.1, -0.05) is 6.92 Å². The van der Waals surface area contributed by atoms with Crippen LogP contribution in [0.1, 0.15) is 39.5 Å². The normalized spacial score (nSPS) is 26.1. The third-order valence-corrected chi connectivity index (χ3v) is 4.53. The number of piperidine rings is 1. The molecule has 0 aromatic heterocycles. The van der Waals surface area contributed by atoms with Gasteiger partial charge in [-0.05, 0) is 51.6 Å². The van der Waals surface area contributed by atoms with Gasteiger partial charge in [-0.2, -0.15) is 0 Å². The first-order valence-corrected chi connectivity index (χ1v) is 7.94. The van der Waals surface area contributed by atoms with Crippen molar-refractivity contribution in [1.29, 1.82) is 0 Å². The quantitative estimate of drug-likeness (QED) is 0.682. The monoisotopic (exact) mass is 267 g/mol. The van der Waals surface area contributed by atoms with Crippen LogP contribution in [0.15, 0.2) is 0 Å². The number of hydrogen-bond acceptors (Lipinski definition) is 3. The molecular formula is C15H29N3O. The van der Waals surface area contributed by atoms with Gasteiger partial charge in [0.2, 0.25) is 5.91 Å². The van der Waals surface area contributed by atoms with E-state index >= 15 is 0 Å². The largest absolute Gasteiger partial charge is 0.355 e. The van der Waals surface area contributed by atoms with Gasteiger partial charge < -0.3 is 15.5 Å². The highest BCUT2D eigenvalue weighted by Crippen LogP contribution is 2.28. The van der Waals surface area contributed by atoms with Gasteiger partial charge in [0, 0.05) is 31.6 Å². The SMILES string of the molecule is CCN1CCCC(C(C)NCCNC(=O)C2CC2)C1. The first kappa shape index (κ1) is 14.8. The molecule has 4 nitrogen and oxygen atoms in total. The zero-order valence-corrected chi connectivity index (χ0v) is 12.5. The maximum absolute atomic E-state index is 11.5. The molecule has 1 heterocycles. The topological polar surface area (TPSA) is 44.4 Å². The minimum Gasteiger partial charge on any atom is -0.355 e. The lowest BCUT2D eigenvalue weighted by molar-refractivity contribution is -0.122. The van der Waals surface area contributed by atoms with E-state index in [9.17, 15) is 4.79 Å². The Morgan fingerprint density at radius 2 is 2.11 bits per heavy atom. The fraction of sp³-hybridized carbons (Fsp3) is 0.933. The maximum Gasteiger partial charge on any atom is 0.223 e. The summed E-state index contributed by atoms with van der Waals surface area (Å²) in [5.41, 5.74) is 0. The van der Waals surface area contributed by atoms with Crippen molar-refractivity contribution in [3.05, 3.63) is 0 Å². The van der Waals surface area contributed by atoms with Crippen LogP contribution in [0.4, 0.5) is 0 Å². The molecule has 1 aliphatic heterocycles. The maximum atomic E-state index is 11.5. The molecule has 2 N–H and O–H groups in total. The molecule has 0 spiro atoms. The number of carbonyl (C=O) groups excluding carboxylic acids is 1. The van der Waals surface area contributed by atoms with E-state index in [4.69, 9.17) is 0 Å². The van der Waals surface area contributed by atoms with Crippen molar-refractivity contribution in [1.82, 2.24) is 15.5 Å². The van der Waals surface area contributed by atoms with Crippen LogP contribution in [0.2, 0.25) is 0 Å². The molecule has 1 aliphatic carbocycles. The van der Waals surface area contributed by atoms with Crippen LogP contribution in [0.3, 0.4) is 0 Å². The summed E-state index contributed by atoms with van der Waals surface area (Å²) in [6, 6.07) is 0.548. The Bertz CT molecular complexity index is 291. The molecular weight excluding hydrogens is 238 g/mol. The van der Waals surface area contributed by atoms with Crippen molar-refractivity contribution in [2.24, 2.45) is 11.8 Å². The molecule has 2 unspecified atom stereocenters. The highest BCUT2D eigenvalue weighted by molar-refractivity contribution is 5.80. The second-order valence-electron chi connectivity index (χ2n) is 6.10. The molecule has 1 amide bonds. The molecule has 4 heteroatoms. The van der Waals surface area contributed by atoms with Crippen molar-refractivity contribution >= 4 is 5.91 Å². The van der Waals surface area contributed by atoms with Crippen molar-refractivity contribution in [3.8, 4) is 0 Å². The minimum absolute atomic E-state index is 0.254. The average molecular weight is 267 g/mol. The third-order valence-electron chi connectivity index (χ3n) is 4.53. The molecule has 2 rings (SSSR count). The molecule has 1 saturated carbocycles.